The van der Waals surface area contributed by atoms with Crippen molar-refractivity contribution >= 4 is 117 Å². The molecule has 26 heavy (non-hydrogen) atoms. The number of rotatable bonds is 1. The van der Waals surface area contributed by atoms with Crippen molar-refractivity contribution in [2.75, 3.05) is 0 Å². The standard InChI is InChI=1S/C16H26B8O2/c1-15(2)16(3,4)26-24(25-15)14-6-5(8(18)12(22)13(14)23)7(17)10(20)11(21)9(6)19/h17-23H2,1-4H3. The third kappa shape index (κ3) is 2.59. The Hall–Kier alpha value is -0.861. The predicted molar refractivity (Wildman–Crippen MR) is 137 cm³/mol. The van der Waals surface area contributed by atoms with Gasteiger partial charge in [-0.2, -0.15) is 0 Å². The van der Waals surface area contributed by atoms with Crippen molar-refractivity contribution in [1.82, 2.24) is 0 Å². The SMILES string of the molecule is Bc1c(B)c(B)c2c(B3OC(C)(C)C(C)(C)O3)c(B)c(B)c(B)c2c1B. The zero-order valence-corrected chi connectivity index (χ0v) is 18.4. The minimum absolute atomic E-state index is 0.331. The van der Waals surface area contributed by atoms with Crippen LogP contribution >= 0.6 is 0 Å². The van der Waals surface area contributed by atoms with Crippen LogP contribution < -0.4 is 43.7 Å². The Bertz CT molecular complexity index is 914. The van der Waals surface area contributed by atoms with Crippen molar-refractivity contribution in [3.63, 3.8) is 0 Å². The molecule has 0 N–H and O–H groups in total. The molecule has 0 aliphatic carbocycles. The van der Waals surface area contributed by atoms with Gasteiger partial charge in [0, 0.05) is 0 Å². The first kappa shape index (κ1) is 19.9. The average Bonchev–Trinajstić information content (AvgIpc) is 2.75. The van der Waals surface area contributed by atoms with E-state index in [1.165, 1.54) is 54.5 Å². The Morgan fingerprint density at radius 3 is 1.31 bits per heavy atom. The monoisotopic (exact) mass is 338 g/mol. The molecule has 0 amide bonds. The van der Waals surface area contributed by atoms with Crippen LogP contribution in [0.5, 0.6) is 0 Å². The van der Waals surface area contributed by atoms with Gasteiger partial charge in [-0.15, -0.1) is 16.4 Å². The zero-order chi connectivity index (χ0) is 19.8. The molecule has 126 valence electrons. The maximum atomic E-state index is 6.48. The van der Waals surface area contributed by atoms with Crippen molar-refractivity contribution in [2.45, 2.75) is 38.9 Å². The molecule has 2 aromatic rings. The van der Waals surface area contributed by atoms with Gasteiger partial charge in [0.05, 0.1) is 11.2 Å². The van der Waals surface area contributed by atoms with Gasteiger partial charge in [0.1, 0.15) is 54.9 Å². The second-order valence-electron chi connectivity index (χ2n) is 9.13. The lowest BCUT2D eigenvalue weighted by molar-refractivity contribution is 0.00578. The van der Waals surface area contributed by atoms with Crippen molar-refractivity contribution in [2.24, 2.45) is 0 Å². The number of hydrogen-bond acceptors (Lipinski definition) is 2. The van der Waals surface area contributed by atoms with Crippen LogP contribution in [-0.4, -0.2) is 73.2 Å². The highest BCUT2D eigenvalue weighted by molar-refractivity contribution is 6.79. The molecule has 1 heterocycles. The highest BCUT2D eigenvalue weighted by Crippen LogP contribution is 2.36. The molecule has 0 unspecified atom stereocenters. The normalized spacial score (nSPS) is 18.5. The van der Waals surface area contributed by atoms with Crippen LogP contribution in [0.3, 0.4) is 0 Å². The Labute approximate surface area is 164 Å². The first-order chi connectivity index (χ1) is 11.8. The predicted octanol–water partition coefficient (Wildman–Crippen LogP) is -9.05. The average molecular weight is 337 g/mol. The maximum Gasteiger partial charge on any atom is 0.494 e. The van der Waals surface area contributed by atoms with E-state index in [4.69, 9.17) is 9.31 Å². The van der Waals surface area contributed by atoms with E-state index in [1.807, 2.05) is 0 Å². The third-order valence-electron chi connectivity index (χ3n) is 7.35. The topological polar surface area (TPSA) is 18.5 Å². The molecule has 1 fully saturated rings. The van der Waals surface area contributed by atoms with Crippen LogP contribution in [0.4, 0.5) is 0 Å². The molecular formula is C16H26B8O2. The quantitative estimate of drug-likeness (QED) is 0.482. The van der Waals surface area contributed by atoms with Gasteiger partial charge in [0.15, 0.2) is 0 Å². The summed E-state index contributed by atoms with van der Waals surface area (Å²) in [7, 11) is 15.3. The molecule has 0 bridgehead atoms. The highest BCUT2D eigenvalue weighted by atomic mass is 16.7. The molecule has 1 aliphatic rings. The number of hydrogen-bond donors (Lipinski definition) is 0. The van der Waals surface area contributed by atoms with E-state index in [-0.39, 0.29) is 18.3 Å². The van der Waals surface area contributed by atoms with Crippen molar-refractivity contribution < 1.29 is 9.31 Å². The van der Waals surface area contributed by atoms with Gasteiger partial charge >= 0.3 is 7.12 Å². The molecule has 0 saturated carbocycles. The molecule has 3 rings (SSSR count). The van der Waals surface area contributed by atoms with Gasteiger partial charge < -0.3 is 9.31 Å². The lowest BCUT2D eigenvalue weighted by Crippen LogP contribution is -2.60. The summed E-state index contributed by atoms with van der Waals surface area (Å²) >= 11 is 0. The summed E-state index contributed by atoms with van der Waals surface area (Å²) in [5.41, 5.74) is 10.0. The van der Waals surface area contributed by atoms with Crippen LogP contribution in [0.25, 0.3) is 10.8 Å². The molecule has 0 aromatic heterocycles. The van der Waals surface area contributed by atoms with Crippen LogP contribution in [0.15, 0.2) is 0 Å². The van der Waals surface area contributed by atoms with E-state index < -0.39 is 0 Å². The van der Waals surface area contributed by atoms with E-state index in [0.29, 0.717) is 0 Å². The summed E-state index contributed by atoms with van der Waals surface area (Å²) in [6, 6.07) is 0. The summed E-state index contributed by atoms with van der Waals surface area (Å²) in [5.74, 6) is 0. The second-order valence-corrected chi connectivity index (χ2v) is 9.13. The van der Waals surface area contributed by atoms with E-state index >= 15 is 0 Å². The second kappa shape index (κ2) is 6.07. The lowest BCUT2D eigenvalue weighted by atomic mass is 9.55. The van der Waals surface area contributed by atoms with Crippen LogP contribution in [0.2, 0.25) is 0 Å². The Balaban J connectivity index is 2.44. The lowest BCUT2D eigenvalue weighted by Gasteiger charge is -2.32. The summed E-state index contributed by atoms with van der Waals surface area (Å²) < 4.78 is 13.0. The minimum Gasteiger partial charge on any atom is -0.399 e. The molecule has 10 heteroatoms. The fraction of sp³-hybridized carbons (Fsp3) is 0.375. The van der Waals surface area contributed by atoms with E-state index in [2.05, 4.69) is 82.6 Å². The Kier molecular flexibility index (Phi) is 4.64. The van der Waals surface area contributed by atoms with Gasteiger partial charge in [-0.3, -0.25) is 0 Å². The summed E-state index contributed by atoms with van der Waals surface area (Å²) in [6.07, 6.45) is 0. The van der Waals surface area contributed by atoms with E-state index in [9.17, 15) is 0 Å². The summed E-state index contributed by atoms with van der Waals surface area (Å²) in [6.45, 7) is 8.50. The Morgan fingerprint density at radius 2 is 0.885 bits per heavy atom. The molecule has 0 radical (unpaired) electrons. The first-order valence-electron chi connectivity index (χ1n) is 9.67. The maximum absolute atomic E-state index is 6.48. The van der Waals surface area contributed by atoms with Crippen molar-refractivity contribution in [3.8, 4) is 0 Å². The number of fused-ring (bicyclic) bond motifs is 1. The first-order valence-corrected chi connectivity index (χ1v) is 9.67. The van der Waals surface area contributed by atoms with Gasteiger partial charge in [-0.05, 0) is 43.9 Å². The molecule has 2 aromatic carbocycles. The van der Waals surface area contributed by atoms with Crippen LogP contribution in [0, 0.1) is 0 Å². The summed E-state index contributed by atoms with van der Waals surface area (Å²) in [4.78, 5) is 0. The van der Waals surface area contributed by atoms with Crippen LogP contribution in [-0.2, 0) is 9.31 Å². The van der Waals surface area contributed by atoms with Gasteiger partial charge in [0.2, 0.25) is 0 Å². The number of benzene rings is 2. The summed E-state index contributed by atoms with van der Waals surface area (Å²) in [5, 5.41) is 2.70. The van der Waals surface area contributed by atoms with E-state index in [0.717, 1.165) is 0 Å². The molecule has 2 nitrogen and oxygen atoms in total. The molecule has 1 aliphatic heterocycles. The Morgan fingerprint density at radius 1 is 0.538 bits per heavy atom. The fourth-order valence-corrected chi connectivity index (χ4v) is 4.23. The van der Waals surface area contributed by atoms with E-state index in [1.54, 1.807) is 0 Å². The molecule has 1 saturated heterocycles. The molecular weight excluding hydrogens is 311 g/mol. The largest absolute Gasteiger partial charge is 0.494 e. The third-order valence-corrected chi connectivity index (χ3v) is 7.35. The molecule has 0 atom stereocenters. The zero-order valence-electron chi connectivity index (χ0n) is 18.4. The van der Waals surface area contributed by atoms with Gasteiger partial charge in [-0.1, -0.05) is 21.9 Å². The van der Waals surface area contributed by atoms with Crippen LogP contribution in [0.1, 0.15) is 27.7 Å². The van der Waals surface area contributed by atoms with Crippen molar-refractivity contribution in [3.05, 3.63) is 0 Å². The minimum atomic E-state index is -0.335. The van der Waals surface area contributed by atoms with Crippen molar-refractivity contribution in [1.29, 1.82) is 0 Å². The fourth-order valence-electron chi connectivity index (χ4n) is 4.23. The van der Waals surface area contributed by atoms with Gasteiger partial charge in [0.25, 0.3) is 0 Å². The van der Waals surface area contributed by atoms with Gasteiger partial charge in [-0.25, -0.2) is 0 Å². The smallest absolute Gasteiger partial charge is 0.399 e. The molecule has 0 spiro atoms. The highest BCUT2D eigenvalue weighted by Gasteiger charge is 2.52.